The highest BCUT2D eigenvalue weighted by atomic mass is 35.5. The minimum Gasteiger partial charge on any atom is -0.384 e. The summed E-state index contributed by atoms with van der Waals surface area (Å²) in [4.78, 5) is 3.86. The maximum Gasteiger partial charge on any atom is 0.152 e. The molecule has 0 aliphatic heterocycles. The minimum absolute atomic E-state index is 0.145. The van der Waals surface area contributed by atoms with Crippen molar-refractivity contribution in [3.05, 3.63) is 29.2 Å². The topological polar surface area (TPSA) is 56.7 Å². The molecule has 0 unspecified atom stereocenters. The van der Waals surface area contributed by atoms with Crippen molar-refractivity contribution >= 4 is 17.4 Å². The number of pyridine rings is 1. The van der Waals surface area contributed by atoms with Crippen LogP contribution in [0.2, 0.25) is 5.02 Å². The molecular formula is C9H8ClFN4. The predicted molar refractivity (Wildman–Crippen MR) is 55.8 cm³/mol. The lowest BCUT2D eigenvalue weighted by Crippen LogP contribution is -1.97. The van der Waals surface area contributed by atoms with Crippen LogP contribution in [0.25, 0.3) is 11.4 Å². The van der Waals surface area contributed by atoms with Crippen molar-refractivity contribution in [2.45, 2.75) is 0 Å². The Morgan fingerprint density at radius 1 is 1.47 bits per heavy atom. The van der Waals surface area contributed by atoms with Gasteiger partial charge >= 0.3 is 0 Å². The fraction of sp³-hybridized carbons (Fsp3) is 0.111. The molecule has 0 aliphatic carbocycles. The van der Waals surface area contributed by atoms with Gasteiger partial charge in [-0.1, -0.05) is 11.6 Å². The Bertz CT molecular complexity index is 489. The lowest BCUT2D eigenvalue weighted by Gasteiger charge is -1.97. The van der Waals surface area contributed by atoms with Gasteiger partial charge in [0.15, 0.2) is 5.82 Å². The summed E-state index contributed by atoms with van der Waals surface area (Å²) in [7, 11) is 1.67. The summed E-state index contributed by atoms with van der Waals surface area (Å²) < 4.78 is 14.9. The molecule has 0 radical (unpaired) electrons. The highest BCUT2D eigenvalue weighted by Crippen LogP contribution is 2.22. The van der Waals surface area contributed by atoms with E-state index in [0.29, 0.717) is 11.5 Å². The lowest BCUT2D eigenvalue weighted by molar-refractivity contribution is 0.624. The van der Waals surface area contributed by atoms with E-state index >= 15 is 0 Å². The van der Waals surface area contributed by atoms with Gasteiger partial charge in [-0.3, -0.25) is 4.68 Å². The molecule has 78 valence electrons. The van der Waals surface area contributed by atoms with Crippen molar-refractivity contribution in [3.8, 4) is 11.4 Å². The molecule has 0 saturated carbocycles. The van der Waals surface area contributed by atoms with Crippen molar-refractivity contribution in [2.75, 3.05) is 5.73 Å². The van der Waals surface area contributed by atoms with E-state index in [9.17, 15) is 4.39 Å². The Kier molecular flexibility index (Phi) is 2.32. The number of hydrogen-bond donors (Lipinski definition) is 1. The number of aromatic nitrogens is 3. The first-order valence-corrected chi connectivity index (χ1v) is 4.56. The van der Waals surface area contributed by atoms with E-state index in [4.69, 9.17) is 17.3 Å². The predicted octanol–water partition coefficient (Wildman–Crippen LogP) is 1.86. The Balaban J connectivity index is 2.54. The fourth-order valence-electron chi connectivity index (χ4n) is 1.20. The van der Waals surface area contributed by atoms with Crippen LogP contribution in [0, 0.1) is 5.82 Å². The molecule has 6 heteroatoms. The van der Waals surface area contributed by atoms with Crippen molar-refractivity contribution < 1.29 is 4.39 Å². The number of nitrogens with zero attached hydrogens (tertiary/aromatic N) is 3. The summed E-state index contributed by atoms with van der Waals surface area (Å²) in [5, 5.41) is 4.27. The van der Waals surface area contributed by atoms with E-state index < -0.39 is 5.82 Å². The number of anilines is 1. The van der Waals surface area contributed by atoms with Gasteiger partial charge < -0.3 is 5.73 Å². The van der Waals surface area contributed by atoms with Crippen molar-refractivity contribution in [1.82, 2.24) is 14.8 Å². The SMILES string of the molecule is Cn1nc(-c2ncc(Cl)cc2F)cc1N. The molecule has 0 aliphatic rings. The van der Waals surface area contributed by atoms with Crippen LogP contribution in [-0.2, 0) is 7.05 Å². The third kappa shape index (κ3) is 1.78. The minimum atomic E-state index is -0.513. The summed E-state index contributed by atoms with van der Waals surface area (Å²) >= 11 is 5.59. The molecule has 0 aromatic carbocycles. The van der Waals surface area contributed by atoms with Gasteiger partial charge in [-0.25, -0.2) is 9.37 Å². The van der Waals surface area contributed by atoms with Crippen LogP contribution in [0.1, 0.15) is 0 Å². The van der Waals surface area contributed by atoms with Crippen LogP contribution in [0.3, 0.4) is 0 Å². The number of nitrogens with two attached hydrogens (primary N) is 1. The van der Waals surface area contributed by atoms with E-state index in [2.05, 4.69) is 10.1 Å². The molecule has 2 heterocycles. The first kappa shape index (κ1) is 9.92. The van der Waals surface area contributed by atoms with Crippen LogP contribution in [0.5, 0.6) is 0 Å². The Hall–Kier alpha value is -1.62. The van der Waals surface area contributed by atoms with Crippen molar-refractivity contribution in [3.63, 3.8) is 0 Å². The first-order valence-electron chi connectivity index (χ1n) is 4.19. The van der Waals surface area contributed by atoms with Crippen LogP contribution >= 0.6 is 11.6 Å². The van der Waals surface area contributed by atoms with Crippen molar-refractivity contribution in [2.24, 2.45) is 7.05 Å². The van der Waals surface area contributed by atoms with Crippen LogP contribution in [-0.4, -0.2) is 14.8 Å². The van der Waals surface area contributed by atoms with Crippen LogP contribution < -0.4 is 5.73 Å². The third-order valence-corrected chi connectivity index (χ3v) is 2.17. The van der Waals surface area contributed by atoms with Gasteiger partial charge in [0.1, 0.15) is 17.2 Å². The molecule has 0 fully saturated rings. The fourth-order valence-corrected chi connectivity index (χ4v) is 1.35. The van der Waals surface area contributed by atoms with Gasteiger partial charge in [-0.05, 0) is 6.07 Å². The zero-order chi connectivity index (χ0) is 11.0. The summed E-state index contributed by atoms with van der Waals surface area (Å²) in [6.07, 6.45) is 1.37. The van der Waals surface area contributed by atoms with Gasteiger partial charge in [0, 0.05) is 19.3 Å². The highest BCUT2D eigenvalue weighted by Gasteiger charge is 2.11. The van der Waals surface area contributed by atoms with E-state index in [0.717, 1.165) is 0 Å². The second kappa shape index (κ2) is 3.51. The highest BCUT2D eigenvalue weighted by molar-refractivity contribution is 6.30. The van der Waals surface area contributed by atoms with E-state index in [1.165, 1.54) is 16.9 Å². The molecule has 0 atom stereocenters. The lowest BCUT2D eigenvalue weighted by atomic mass is 10.2. The van der Waals surface area contributed by atoms with Crippen LogP contribution in [0.15, 0.2) is 18.3 Å². The number of halogens is 2. The zero-order valence-corrected chi connectivity index (χ0v) is 8.66. The smallest absolute Gasteiger partial charge is 0.152 e. The second-order valence-corrected chi connectivity index (χ2v) is 3.50. The van der Waals surface area contributed by atoms with Gasteiger partial charge in [-0.2, -0.15) is 5.10 Å². The van der Waals surface area contributed by atoms with Gasteiger partial charge in [0.25, 0.3) is 0 Å². The van der Waals surface area contributed by atoms with E-state index in [1.807, 2.05) is 0 Å². The largest absolute Gasteiger partial charge is 0.384 e. The van der Waals surface area contributed by atoms with E-state index in [-0.39, 0.29) is 10.7 Å². The van der Waals surface area contributed by atoms with Gasteiger partial charge in [-0.15, -0.1) is 0 Å². The van der Waals surface area contributed by atoms with Gasteiger partial charge in [0.05, 0.1) is 5.02 Å². The molecule has 2 aromatic rings. The Morgan fingerprint density at radius 3 is 2.73 bits per heavy atom. The molecule has 2 N–H and O–H groups in total. The summed E-state index contributed by atoms with van der Waals surface area (Å²) in [6, 6.07) is 2.74. The average Bonchev–Trinajstić information content (AvgIpc) is 2.46. The van der Waals surface area contributed by atoms with E-state index in [1.54, 1.807) is 13.1 Å². The summed E-state index contributed by atoms with van der Waals surface area (Å²) in [6.45, 7) is 0. The Morgan fingerprint density at radius 2 is 2.20 bits per heavy atom. The molecule has 0 bridgehead atoms. The molecule has 0 spiro atoms. The monoisotopic (exact) mass is 226 g/mol. The Labute approximate surface area is 90.5 Å². The maximum absolute atomic E-state index is 13.4. The maximum atomic E-state index is 13.4. The first-order chi connectivity index (χ1) is 7.08. The summed E-state index contributed by atoms with van der Waals surface area (Å²) in [5.74, 6) is -0.0678. The number of rotatable bonds is 1. The quantitative estimate of drug-likeness (QED) is 0.808. The molecule has 4 nitrogen and oxygen atoms in total. The van der Waals surface area contributed by atoms with Gasteiger partial charge in [0.2, 0.25) is 0 Å². The number of aryl methyl sites for hydroxylation is 1. The standard InChI is InChI=1S/C9H8ClFN4/c1-15-8(12)3-7(14-15)9-6(11)2-5(10)4-13-9/h2-4H,12H2,1H3. The third-order valence-electron chi connectivity index (χ3n) is 1.97. The summed E-state index contributed by atoms with van der Waals surface area (Å²) in [5.41, 5.74) is 6.12. The molecule has 2 aromatic heterocycles. The molecule has 0 amide bonds. The number of hydrogen-bond acceptors (Lipinski definition) is 3. The normalized spacial score (nSPS) is 10.6. The molecule has 2 rings (SSSR count). The molecular weight excluding hydrogens is 219 g/mol. The van der Waals surface area contributed by atoms with Crippen molar-refractivity contribution in [1.29, 1.82) is 0 Å². The molecule has 15 heavy (non-hydrogen) atoms. The second-order valence-electron chi connectivity index (χ2n) is 3.06. The van der Waals surface area contributed by atoms with Crippen LogP contribution in [0.4, 0.5) is 10.2 Å². The average molecular weight is 227 g/mol. The number of nitrogen functional groups attached to an aromatic ring is 1. The zero-order valence-electron chi connectivity index (χ0n) is 7.91. The molecule has 0 saturated heterocycles.